The fourth-order valence-electron chi connectivity index (χ4n) is 6.50. The molecule has 0 aromatic rings. The Labute approximate surface area is 320 Å². The number of unbranched alkanes of at least 4 members (excludes halogenated alkanes) is 1. The van der Waals surface area contributed by atoms with Crippen molar-refractivity contribution in [2.75, 3.05) is 53.9 Å². The molecule has 4 aliphatic heterocycles. The van der Waals surface area contributed by atoms with Gasteiger partial charge in [0.1, 0.15) is 97.7 Å². The Kier molecular flexibility index (Phi) is 20.9. The van der Waals surface area contributed by atoms with Gasteiger partial charge >= 0.3 is 0 Å². The molecule has 0 aromatic heterocycles. The summed E-state index contributed by atoms with van der Waals surface area (Å²) in [5.74, 6) is 0. The second-order valence-electron chi connectivity index (χ2n) is 13.4. The number of aliphatic hydroxyl groups is 10. The lowest BCUT2D eigenvalue weighted by Gasteiger charge is -2.45. The van der Waals surface area contributed by atoms with Crippen molar-refractivity contribution < 1.29 is 103 Å². The van der Waals surface area contributed by atoms with Gasteiger partial charge in [0.05, 0.1) is 26.4 Å². The lowest BCUT2D eigenvalue weighted by Crippen LogP contribution is -2.63. The Bertz CT molecular complexity index is 1050. The Morgan fingerprint density at radius 3 is 1.24 bits per heavy atom. The molecule has 4 aliphatic rings. The predicted octanol–water partition coefficient (Wildman–Crippen LogP) is -4.55. The largest absolute Gasteiger partial charge is 0.387 e. The topological polar surface area (TPSA) is 304 Å². The summed E-state index contributed by atoms with van der Waals surface area (Å²) >= 11 is 0. The fourth-order valence-corrected chi connectivity index (χ4v) is 6.50. The average Bonchev–Trinajstić information content (AvgIpc) is 3.18. The summed E-state index contributed by atoms with van der Waals surface area (Å²) in [6.45, 7) is 6.44. The minimum Gasteiger partial charge on any atom is -0.387 e. The smallest absolute Gasteiger partial charge is 0.186 e. The van der Waals surface area contributed by atoms with E-state index in [9.17, 15) is 51.1 Å². The summed E-state index contributed by atoms with van der Waals surface area (Å²) in [4.78, 5) is 0. The van der Waals surface area contributed by atoms with E-state index in [1.54, 1.807) is 6.92 Å². The van der Waals surface area contributed by atoms with Crippen LogP contribution >= 0.6 is 0 Å². The average molecular weight is 809 g/mol. The van der Waals surface area contributed by atoms with Gasteiger partial charge in [0, 0.05) is 27.4 Å². The highest BCUT2D eigenvalue weighted by atomic mass is 16.8. The van der Waals surface area contributed by atoms with Gasteiger partial charge in [0.25, 0.3) is 0 Å². The molecule has 4 saturated heterocycles. The highest BCUT2D eigenvalue weighted by Gasteiger charge is 2.51. The molecule has 0 radical (unpaired) electrons. The molecule has 4 heterocycles. The van der Waals surface area contributed by atoms with E-state index in [4.69, 9.17) is 52.1 Å². The number of ether oxygens (including phenoxy) is 11. The zero-order valence-corrected chi connectivity index (χ0v) is 32.2. The lowest BCUT2D eigenvalue weighted by molar-refractivity contribution is -0.350. The van der Waals surface area contributed by atoms with Crippen molar-refractivity contribution in [3.8, 4) is 0 Å². The maximum atomic E-state index is 11.1. The highest BCUT2D eigenvalue weighted by molar-refractivity contribution is 4.95. The summed E-state index contributed by atoms with van der Waals surface area (Å²) in [6.07, 6.45) is -27.5. The van der Waals surface area contributed by atoms with Gasteiger partial charge in [0.15, 0.2) is 25.2 Å². The number of hydrogen-bond acceptors (Lipinski definition) is 21. The summed E-state index contributed by atoms with van der Waals surface area (Å²) in [7, 11) is 2.63. The summed E-state index contributed by atoms with van der Waals surface area (Å²) < 4.78 is 61.6. The first kappa shape index (κ1) is 48.5. The molecule has 4 fully saturated rings. The monoisotopic (exact) mass is 808 g/mol. The summed E-state index contributed by atoms with van der Waals surface area (Å²) in [5, 5.41) is 106. The minimum absolute atomic E-state index is 0.120. The van der Waals surface area contributed by atoms with Gasteiger partial charge in [-0.25, -0.2) is 0 Å². The van der Waals surface area contributed by atoms with Crippen LogP contribution in [0.5, 0.6) is 0 Å². The van der Waals surface area contributed by atoms with E-state index in [1.165, 1.54) is 14.2 Å². The van der Waals surface area contributed by atoms with Crippen LogP contribution in [0.3, 0.4) is 0 Å². The fraction of sp³-hybridized carbons (Fsp3) is 1.00. The molecule has 21 heteroatoms. The molecule has 0 bridgehead atoms. The molecular weight excluding hydrogens is 744 g/mol. The van der Waals surface area contributed by atoms with E-state index in [0.29, 0.717) is 6.42 Å². The second-order valence-corrected chi connectivity index (χ2v) is 13.4. The standard InChI is InChI=1S/C32H58O21.C2H6/c1-5-7-8-46-28-16(12-49-30-23(39)19(35)17(33)13(50-30)9-43-3)53-32(26(42)22(28)38)47-10-14-18(34)20(36)24(40)31(51-14)48-11-15-27(45-6-2)21(37)25(41)29(44-4)52-15;1-2/h13-42H,5-12H2,1-4H3;1-2H3/t13-,14-,15-,16-,17-,18-,19+,20+,21-,22-,23-,24-,25-,26-,27-,28-,29+,30+,31+,32+;/m1./s1. The minimum atomic E-state index is -1.80. The van der Waals surface area contributed by atoms with Crippen LogP contribution in [0.1, 0.15) is 40.5 Å². The van der Waals surface area contributed by atoms with Gasteiger partial charge in [-0.05, 0) is 13.3 Å². The zero-order chi connectivity index (χ0) is 41.0. The first-order valence-corrected chi connectivity index (χ1v) is 18.8. The molecule has 0 saturated carbocycles. The molecule has 0 unspecified atom stereocenters. The first-order chi connectivity index (χ1) is 26.3. The van der Waals surface area contributed by atoms with E-state index < -0.39 is 136 Å². The maximum absolute atomic E-state index is 11.1. The molecule has 20 atom stereocenters. The molecule has 21 nitrogen and oxygen atoms in total. The van der Waals surface area contributed by atoms with Crippen molar-refractivity contribution in [1.29, 1.82) is 0 Å². The van der Waals surface area contributed by atoms with Gasteiger partial charge in [0.2, 0.25) is 0 Å². The van der Waals surface area contributed by atoms with Crippen molar-refractivity contribution in [2.24, 2.45) is 0 Å². The number of methoxy groups -OCH3 is 2. The summed E-state index contributed by atoms with van der Waals surface area (Å²) in [6, 6.07) is 0. The normalized spacial score (nSPS) is 45.2. The van der Waals surface area contributed by atoms with Crippen molar-refractivity contribution in [2.45, 2.75) is 163 Å². The van der Waals surface area contributed by atoms with Crippen LogP contribution in [0, 0.1) is 0 Å². The quantitative estimate of drug-likeness (QED) is 0.0583. The Hall–Kier alpha value is -0.840. The number of aliphatic hydroxyl groups excluding tert-OH is 10. The van der Waals surface area contributed by atoms with Crippen molar-refractivity contribution in [1.82, 2.24) is 0 Å². The van der Waals surface area contributed by atoms with Crippen LogP contribution in [-0.2, 0) is 52.1 Å². The Morgan fingerprint density at radius 1 is 0.418 bits per heavy atom. The van der Waals surface area contributed by atoms with E-state index in [1.807, 2.05) is 20.8 Å². The van der Waals surface area contributed by atoms with Crippen LogP contribution in [0.25, 0.3) is 0 Å². The SMILES string of the molecule is CC.CCCCO[C@H]1[C@H](O)[C@@H](O)[C@@H](OC[C@H]2O[C@H](OC[C@H]3O[C@H](OC)[C@H](O)[C@@H](O)[C@@H]3OCC)[C@H](O)[C@@H](O)[C@@H]2O)O[C@@H]1CO[C@H]1O[C@H](COC)[C@@H](O)[C@H](O)[C@H]1O. The van der Waals surface area contributed by atoms with E-state index in [0.717, 1.165) is 6.42 Å². The van der Waals surface area contributed by atoms with Crippen LogP contribution in [0.4, 0.5) is 0 Å². The van der Waals surface area contributed by atoms with E-state index >= 15 is 0 Å². The van der Waals surface area contributed by atoms with Gasteiger partial charge in [-0.1, -0.05) is 27.2 Å². The molecule has 0 spiro atoms. The van der Waals surface area contributed by atoms with Crippen LogP contribution in [0.15, 0.2) is 0 Å². The molecule has 0 aromatic carbocycles. The zero-order valence-electron chi connectivity index (χ0n) is 32.2. The first-order valence-electron chi connectivity index (χ1n) is 18.8. The maximum Gasteiger partial charge on any atom is 0.186 e. The molecule has 0 aliphatic carbocycles. The second kappa shape index (κ2) is 23.7. The molecule has 55 heavy (non-hydrogen) atoms. The number of hydrogen-bond donors (Lipinski definition) is 10. The van der Waals surface area contributed by atoms with E-state index in [2.05, 4.69) is 0 Å². The molecule has 0 amide bonds. The lowest BCUT2D eigenvalue weighted by atomic mass is 9.97. The Morgan fingerprint density at radius 2 is 0.800 bits per heavy atom. The molecular formula is C34H64O21. The third-order valence-electron chi connectivity index (χ3n) is 9.62. The van der Waals surface area contributed by atoms with Gasteiger partial charge in [-0.3, -0.25) is 0 Å². The predicted molar refractivity (Wildman–Crippen MR) is 183 cm³/mol. The molecule has 10 N–H and O–H groups in total. The summed E-state index contributed by atoms with van der Waals surface area (Å²) in [5.41, 5.74) is 0. The van der Waals surface area contributed by atoms with Crippen LogP contribution in [0.2, 0.25) is 0 Å². The van der Waals surface area contributed by atoms with Crippen LogP contribution < -0.4 is 0 Å². The van der Waals surface area contributed by atoms with Crippen LogP contribution in [-0.4, -0.2) is 228 Å². The Balaban J connectivity index is 0.00000399. The molecule has 4 rings (SSSR count). The third-order valence-corrected chi connectivity index (χ3v) is 9.62. The van der Waals surface area contributed by atoms with Gasteiger partial charge in [-0.15, -0.1) is 0 Å². The number of rotatable bonds is 18. The third kappa shape index (κ3) is 12.1. The van der Waals surface area contributed by atoms with Gasteiger partial charge < -0.3 is 103 Å². The van der Waals surface area contributed by atoms with Crippen molar-refractivity contribution in [3.63, 3.8) is 0 Å². The van der Waals surface area contributed by atoms with E-state index in [-0.39, 0.29) is 26.4 Å². The highest BCUT2D eigenvalue weighted by Crippen LogP contribution is 2.30. The van der Waals surface area contributed by atoms with Crippen molar-refractivity contribution in [3.05, 3.63) is 0 Å². The molecule has 326 valence electrons. The van der Waals surface area contributed by atoms with Gasteiger partial charge in [-0.2, -0.15) is 0 Å². The van der Waals surface area contributed by atoms with Crippen molar-refractivity contribution >= 4 is 0 Å².